The summed E-state index contributed by atoms with van der Waals surface area (Å²) in [4.78, 5) is 40.4. The van der Waals surface area contributed by atoms with Crippen LogP contribution in [0.15, 0.2) is 54.6 Å². The van der Waals surface area contributed by atoms with E-state index in [1.807, 2.05) is 63.2 Å². The SMILES string of the molecule is CNC(=O)[C@@H](NC(=O)[C@H](Cc1ccc2ccccc2c1)[C@H](OCCn1c(O)ccc1O)C(=O)OC(C)(C)C)C(C)(C)C. The second-order valence-electron chi connectivity index (χ2n) is 12.4. The highest BCUT2D eigenvalue weighted by Crippen LogP contribution is 2.26. The Morgan fingerprint density at radius 2 is 1.50 bits per heavy atom. The van der Waals surface area contributed by atoms with Crippen molar-refractivity contribution in [3.05, 3.63) is 60.2 Å². The average molecular weight is 582 g/mol. The largest absolute Gasteiger partial charge is 0.494 e. The van der Waals surface area contributed by atoms with Gasteiger partial charge < -0.3 is 30.3 Å². The van der Waals surface area contributed by atoms with Crippen LogP contribution in [0.2, 0.25) is 0 Å². The van der Waals surface area contributed by atoms with Gasteiger partial charge in [-0.2, -0.15) is 0 Å². The summed E-state index contributed by atoms with van der Waals surface area (Å²) < 4.78 is 13.0. The van der Waals surface area contributed by atoms with Crippen LogP contribution < -0.4 is 10.6 Å². The monoisotopic (exact) mass is 581 g/mol. The zero-order valence-electron chi connectivity index (χ0n) is 25.4. The Hall–Kier alpha value is -4.05. The molecule has 42 heavy (non-hydrogen) atoms. The van der Waals surface area contributed by atoms with Gasteiger partial charge in [-0.25, -0.2) is 4.79 Å². The number of rotatable bonds is 11. The molecule has 0 unspecified atom stereocenters. The van der Waals surface area contributed by atoms with E-state index in [-0.39, 0.29) is 37.2 Å². The summed E-state index contributed by atoms with van der Waals surface area (Å²) in [5, 5.41) is 27.5. The Labute approximate surface area is 247 Å². The van der Waals surface area contributed by atoms with Gasteiger partial charge in [-0.3, -0.25) is 14.2 Å². The number of benzene rings is 2. The zero-order valence-corrected chi connectivity index (χ0v) is 25.4. The van der Waals surface area contributed by atoms with Crippen molar-refractivity contribution in [2.45, 2.75) is 72.3 Å². The van der Waals surface area contributed by atoms with Crippen LogP contribution in [0.5, 0.6) is 11.8 Å². The van der Waals surface area contributed by atoms with E-state index in [0.29, 0.717) is 0 Å². The van der Waals surface area contributed by atoms with Crippen LogP contribution in [-0.4, -0.2) is 64.0 Å². The molecular formula is C32H43N3O7. The Bertz CT molecular complexity index is 1380. The molecule has 1 aromatic heterocycles. The van der Waals surface area contributed by atoms with Gasteiger partial charge in [-0.15, -0.1) is 0 Å². The number of esters is 1. The number of carbonyl (C=O) groups is 3. The first kappa shape index (κ1) is 32.5. The first-order valence-corrected chi connectivity index (χ1v) is 14.0. The second kappa shape index (κ2) is 13.3. The molecule has 0 aliphatic heterocycles. The molecular weight excluding hydrogens is 538 g/mol. The quantitative estimate of drug-likeness (QED) is 0.252. The summed E-state index contributed by atoms with van der Waals surface area (Å²) in [6.07, 6.45) is -1.24. The van der Waals surface area contributed by atoms with E-state index in [4.69, 9.17) is 9.47 Å². The maximum atomic E-state index is 14.0. The number of fused-ring (bicyclic) bond motifs is 1. The summed E-state index contributed by atoms with van der Waals surface area (Å²) >= 11 is 0. The third-order valence-electron chi connectivity index (χ3n) is 6.82. The molecule has 2 aromatic carbocycles. The molecule has 3 aromatic rings. The van der Waals surface area contributed by atoms with Crippen LogP contribution in [0.3, 0.4) is 0 Å². The van der Waals surface area contributed by atoms with Crippen molar-refractivity contribution in [3.63, 3.8) is 0 Å². The van der Waals surface area contributed by atoms with Crippen molar-refractivity contribution in [3.8, 4) is 11.8 Å². The summed E-state index contributed by atoms with van der Waals surface area (Å²) in [5.74, 6) is -3.08. The smallest absolute Gasteiger partial charge is 0.336 e. The predicted octanol–water partition coefficient (Wildman–Crippen LogP) is 3.92. The van der Waals surface area contributed by atoms with E-state index >= 15 is 0 Å². The molecule has 0 spiro atoms. The average Bonchev–Trinajstić information content (AvgIpc) is 3.23. The van der Waals surface area contributed by atoms with E-state index in [1.165, 1.54) is 23.7 Å². The number of nitrogens with zero attached hydrogens (tertiary/aromatic N) is 1. The third-order valence-corrected chi connectivity index (χ3v) is 6.82. The molecule has 0 saturated carbocycles. The number of nitrogens with one attached hydrogen (secondary N) is 2. The van der Waals surface area contributed by atoms with E-state index in [0.717, 1.165) is 16.3 Å². The predicted molar refractivity (Wildman–Crippen MR) is 160 cm³/mol. The molecule has 3 rings (SSSR count). The summed E-state index contributed by atoms with van der Waals surface area (Å²) in [6, 6.07) is 15.4. The van der Waals surface area contributed by atoms with E-state index < -0.39 is 41.0 Å². The Morgan fingerprint density at radius 3 is 2.07 bits per heavy atom. The lowest BCUT2D eigenvalue weighted by Crippen LogP contribution is -2.56. The van der Waals surface area contributed by atoms with Crippen LogP contribution in [0.4, 0.5) is 0 Å². The van der Waals surface area contributed by atoms with Crippen molar-refractivity contribution >= 4 is 28.6 Å². The van der Waals surface area contributed by atoms with Crippen LogP contribution >= 0.6 is 0 Å². The van der Waals surface area contributed by atoms with Crippen LogP contribution in [0.1, 0.15) is 47.1 Å². The lowest BCUT2D eigenvalue weighted by atomic mass is 9.84. The minimum atomic E-state index is -1.36. The highest BCUT2D eigenvalue weighted by atomic mass is 16.6. The van der Waals surface area contributed by atoms with Gasteiger partial charge in [0, 0.05) is 19.2 Å². The van der Waals surface area contributed by atoms with Gasteiger partial charge in [-0.1, -0.05) is 63.2 Å². The zero-order chi connectivity index (χ0) is 31.2. The van der Waals surface area contributed by atoms with Crippen LogP contribution in [0.25, 0.3) is 10.8 Å². The maximum absolute atomic E-state index is 14.0. The van der Waals surface area contributed by atoms with E-state index in [1.54, 1.807) is 20.8 Å². The highest BCUT2D eigenvalue weighted by Gasteiger charge is 2.41. The number of carbonyl (C=O) groups excluding carboxylic acids is 3. The van der Waals surface area contributed by atoms with E-state index in [2.05, 4.69) is 10.6 Å². The van der Waals surface area contributed by atoms with Crippen LogP contribution in [-0.2, 0) is 36.8 Å². The number of hydrogen-bond acceptors (Lipinski definition) is 7. The molecule has 228 valence electrons. The van der Waals surface area contributed by atoms with Gasteiger partial charge in [0.25, 0.3) is 0 Å². The van der Waals surface area contributed by atoms with Crippen molar-refractivity contribution in [2.24, 2.45) is 11.3 Å². The van der Waals surface area contributed by atoms with Crippen molar-refractivity contribution < 1.29 is 34.1 Å². The van der Waals surface area contributed by atoms with Crippen molar-refractivity contribution in [1.29, 1.82) is 0 Å². The second-order valence-corrected chi connectivity index (χ2v) is 12.4. The number of amides is 2. The van der Waals surface area contributed by atoms with Gasteiger partial charge in [0.1, 0.15) is 11.6 Å². The van der Waals surface area contributed by atoms with Gasteiger partial charge in [0.15, 0.2) is 17.9 Å². The lowest BCUT2D eigenvalue weighted by Gasteiger charge is -2.33. The number of hydrogen-bond donors (Lipinski definition) is 4. The molecule has 1 heterocycles. The Morgan fingerprint density at radius 1 is 0.881 bits per heavy atom. The summed E-state index contributed by atoms with van der Waals surface area (Å²) in [5.41, 5.74) is -0.705. The molecule has 0 fully saturated rings. The van der Waals surface area contributed by atoms with Crippen molar-refractivity contribution in [2.75, 3.05) is 13.7 Å². The number of aromatic hydroxyl groups is 2. The molecule has 2 amide bonds. The van der Waals surface area contributed by atoms with Crippen molar-refractivity contribution in [1.82, 2.24) is 15.2 Å². The molecule has 0 aliphatic carbocycles. The molecule has 0 bridgehead atoms. The molecule has 0 saturated heterocycles. The van der Waals surface area contributed by atoms with Crippen LogP contribution in [0, 0.1) is 11.3 Å². The normalized spacial score (nSPS) is 14.2. The molecule has 0 radical (unpaired) electrons. The van der Waals surface area contributed by atoms with Gasteiger partial charge in [-0.05, 0) is 48.9 Å². The minimum absolute atomic E-state index is 0.0110. The van der Waals surface area contributed by atoms with Gasteiger partial charge >= 0.3 is 5.97 Å². The molecule has 0 aliphatic rings. The van der Waals surface area contributed by atoms with Gasteiger partial charge in [0.2, 0.25) is 11.8 Å². The standard InChI is InChI=1S/C32H43N3O7/c1-31(2,3)27(29(39)33-7)34-28(38)23(19-20-12-13-21-10-8-9-11-22(21)18-20)26(30(40)42-32(4,5)6)41-17-16-35-24(36)14-15-25(35)37/h8-15,18,23,26-27,36-37H,16-17,19H2,1-7H3,(H,33,39)(H,34,38)/t23-,26+,27-/m1/s1. The molecule has 3 atom stereocenters. The number of likely N-dealkylation sites (N-methyl/N-ethyl adjacent to an activating group) is 1. The van der Waals surface area contributed by atoms with E-state index in [9.17, 15) is 24.6 Å². The summed E-state index contributed by atoms with van der Waals surface area (Å²) in [7, 11) is 1.50. The molecule has 10 nitrogen and oxygen atoms in total. The fourth-order valence-electron chi connectivity index (χ4n) is 4.68. The third kappa shape index (κ3) is 8.48. The Balaban J connectivity index is 2.01. The number of ether oxygens (including phenoxy) is 2. The lowest BCUT2D eigenvalue weighted by molar-refractivity contribution is -0.175. The first-order valence-electron chi connectivity index (χ1n) is 14.0. The molecule has 10 heteroatoms. The maximum Gasteiger partial charge on any atom is 0.336 e. The Kier molecular flexibility index (Phi) is 10.3. The topological polar surface area (TPSA) is 139 Å². The fourth-order valence-corrected chi connectivity index (χ4v) is 4.68. The molecule has 4 N–H and O–H groups in total. The summed E-state index contributed by atoms with van der Waals surface area (Å²) in [6.45, 7) is 10.6. The fraction of sp³-hybridized carbons (Fsp3) is 0.469. The first-order chi connectivity index (χ1) is 19.6. The number of aromatic nitrogens is 1. The minimum Gasteiger partial charge on any atom is -0.494 e. The highest BCUT2D eigenvalue weighted by molar-refractivity contribution is 5.92. The van der Waals surface area contributed by atoms with Gasteiger partial charge in [0.05, 0.1) is 19.1 Å².